The van der Waals surface area contributed by atoms with Gasteiger partial charge in [0.25, 0.3) is 0 Å². The molecule has 0 saturated heterocycles. The molecule has 0 heterocycles. The van der Waals surface area contributed by atoms with Gasteiger partial charge in [-0.3, -0.25) is 4.79 Å². The predicted molar refractivity (Wildman–Crippen MR) is 196 cm³/mol. The molecule has 10 atom stereocenters. The molecule has 0 bridgehead atoms. The molecule has 0 aromatic rings. The van der Waals surface area contributed by atoms with Crippen molar-refractivity contribution >= 4 is 37.8 Å². The Morgan fingerprint density at radius 2 is 1.48 bits per heavy atom. The van der Waals surface area contributed by atoms with Crippen LogP contribution in [0.15, 0.2) is 0 Å². The average molecular weight is 743 g/mol. The Hall–Kier alpha value is 0.430. The molecule has 0 aromatic carbocycles. The van der Waals surface area contributed by atoms with Gasteiger partial charge in [0.05, 0.1) is 0 Å². The monoisotopic (exact) mass is 740 g/mol. The van der Waals surface area contributed by atoms with E-state index in [0.717, 1.165) is 54.8 Å². The normalized spacial score (nSPS) is 39.0. The van der Waals surface area contributed by atoms with Crippen molar-refractivity contribution in [2.75, 3.05) is 0 Å². The minimum Gasteiger partial charge on any atom is -0.462 e. The van der Waals surface area contributed by atoms with E-state index in [2.05, 4.69) is 73.4 Å². The van der Waals surface area contributed by atoms with Gasteiger partial charge in [0.15, 0.2) is 0 Å². The van der Waals surface area contributed by atoms with E-state index < -0.39 is 0 Å². The van der Waals surface area contributed by atoms with Gasteiger partial charge in [-0.25, -0.2) is 0 Å². The summed E-state index contributed by atoms with van der Waals surface area (Å²) in [6, 6.07) is 0. The van der Waals surface area contributed by atoms with Crippen LogP contribution in [0, 0.1) is 46.3 Å². The largest absolute Gasteiger partial charge is 0.462 e. The fourth-order valence-electron chi connectivity index (χ4n) is 11.3. The van der Waals surface area contributed by atoms with Gasteiger partial charge in [-0.1, -0.05) is 150 Å². The van der Waals surface area contributed by atoms with Gasteiger partial charge in [0.1, 0.15) is 6.10 Å². The Kier molecular flexibility index (Phi) is 14.1. The van der Waals surface area contributed by atoms with Crippen LogP contribution in [0.25, 0.3) is 0 Å². The summed E-state index contributed by atoms with van der Waals surface area (Å²) in [6.07, 6.45) is 28.0. The summed E-state index contributed by atoms with van der Waals surface area (Å²) >= 11 is 8.70. The molecule has 4 rings (SSSR count). The van der Waals surface area contributed by atoms with Crippen molar-refractivity contribution < 1.29 is 9.53 Å². The Morgan fingerprint density at radius 3 is 2.14 bits per heavy atom. The average Bonchev–Trinajstić information content (AvgIpc) is 3.33. The molecule has 4 fully saturated rings. The van der Waals surface area contributed by atoms with Gasteiger partial charge in [-0.2, -0.15) is 0 Å². The van der Waals surface area contributed by atoms with Crippen molar-refractivity contribution in [3.8, 4) is 0 Å². The van der Waals surface area contributed by atoms with Crippen LogP contribution in [0.3, 0.4) is 0 Å². The van der Waals surface area contributed by atoms with Gasteiger partial charge in [0.2, 0.25) is 0 Å². The van der Waals surface area contributed by atoms with Crippen molar-refractivity contribution in [1.82, 2.24) is 0 Å². The number of ether oxygens (including phenoxy) is 1. The highest BCUT2D eigenvalue weighted by Crippen LogP contribution is 2.71. The Morgan fingerprint density at radius 1 is 0.818 bits per heavy atom. The number of halogens is 2. The molecule has 0 amide bonds. The van der Waals surface area contributed by atoms with Crippen molar-refractivity contribution in [2.24, 2.45) is 46.3 Å². The van der Waals surface area contributed by atoms with Crippen LogP contribution in [-0.4, -0.2) is 21.2 Å². The van der Waals surface area contributed by atoms with E-state index in [0.29, 0.717) is 16.7 Å². The summed E-state index contributed by atoms with van der Waals surface area (Å²) in [4.78, 5) is 13.3. The van der Waals surface area contributed by atoms with Gasteiger partial charge < -0.3 is 4.74 Å². The lowest BCUT2D eigenvalue weighted by atomic mass is 9.44. The zero-order valence-corrected chi connectivity index (χ0v) is 32.9. The summed E-state index contributed by atoms with van der Waals surface area (Å²) < 4.78 is 6.21. The van der Waals surface area contributed by atoms with E-state index in [1.54, 1.807) is 0 Å². The van der Waals surface area contributed by atoms with Crippen LogP contribution in [0.1, 0.15) is 183 Å². The summed E-state index contributed by atoms with van der Waals surface area (Å²) in [5, 5.41) is 0. The Balaban J connectivity index is 1.26. The van der Waals surface area contributed by atoms with Crippen LogP contribution in [-0.2, 0) is 9.53 Å². The standard InChI is InChI=1S/C40H70Br2O2/c1-7-8-9-10-11-12-13-14-15-16-20-37(43)44-31-23-26-39(6)35-24-25-38(5)33(30(4)19-17-18-29(2)3)21-22-34(38)32(35)27-36(41)40(39,42)28-31/h29-36H,7-28H2,1-6H3/t30-,31-,32+,33-,34+,35+,36-,38-,39+,40-/m0/s1. The lowest BCUT2D eigenvalue weighted by molar-refractivity contribution is -0.158. The summed E-state index contributed by atoms with van der Waals surface area (Å²) in [5.41, 5.74) is 0.779. The molecule has 4 saturated carbocycles. The van der Waals surface area contributed by atoms with Crippen molar-refractivity contribution in [1.29, 1.82) is 0 Å². The first kappa shape index (κ1) is 37.3. The van der Waals surface area contributed by atoms with E-state index in [-0.39, 0.29) is 21.8 Å². The molecule has 0 radical (unpaired) electrons. The van der Waals surface area contributed by atoms with E-state index in [1.807, 2.05) is 0 Å². The van der Waals surface area contributed by atoms with Crippen molar-refractivity contribution in [2.45, 2.75) is 198 Å². The number of unbranched alkanes of at least 4 members (excludes halogenated alkanes) is 9. The topological polar surface area (TPSA) is 26.3 Å². The molecule has 4 aliphatic carbocycles. The van der Waals surface area contributed by atoms with E-state index >= 15 is 0 Å². The third-order valence-electron chi connectivity index (χ3n) is 13.9. The fourth-order valence-corrected chi connectivity index (χ4v) is 13.5. The van der Waals surface area contributed by atoms with E-state index in [9.17, 15) is 4.79 Å². The Labute approximate surface area is 290 Å². The number of esters is 1. The summed E-state index contributed by atoms with van der Waals surface area (Å²) in [6.45, 7) is 14.9. The maximum atomic E-state index is 12.9. The number of hydrogen-bond acceptors (Lipinski definition) is 2. The SMILES string of the molecule is CCCCCCCCCCCCC(=O)O[C@H]1CC[C@]2(C)[C@@H]3CC[C@]4(C)[C@H](CC[C@H]4[C@@H](C)CCCC(C)C)[C@H]3C[C@H](Br)[C@@]2(Br)C1. The lowest BCUT2D eigenvalue weighted by Gasteiger charge is -2.66. The molecule has 0 aromatic heterocycles. The number of hydrogen-bond donors (Lipinski definition) is 0. The first-order valence-corrected chi connectivity index (χ1v) is 21.2. The van der Waals surface area contributed by atoms with Crippen molar-refractivity contribution in [3.05, 3.63) is 0 Å². The van der Waals surface area contributed by atoms with Crippen molar-refractivity contribution in [3.63, 3.8) is 0 Å². The molecule has 0 N–H and O–H groups in total. The van der Waals surface area contributed by atoms with Gasteiger partial charge in [-0.15, -0.1) is 0 Å². The zero-order valence-electron chi connectivity index (χ0n) is 29.7. The number of rotatable bonds is 17. The number of carbonyl (C=O) groups is 1. The molecule has 0 spiro atoms. The smallest absolute Gasteiger partial charge is 0.306 e. The highest BCUT2D eigenvalue weighted by atomic mass is 79.9. The molecule has 4 aliphatic rings. The molecule has 4 heteroatoms. The zero-order chi connectivity index (χ0) is 32.0. The molecule has 256 valence electrons. The number of alkyl halides is 2. The second-order valence-electron chi connectivity index (χ2n) is 17.2. The third kappa shape index (κ3) is 8.34. The Bertz CT molecular complexity index is 891. The quantitative estimate of drug-likeness (QED) is 0.0843. The number of fused-ring (bicyclic) bond motifs is 5. The van der Waals surface area contributed by atoms with Gasteiger partial charge >= 0.3 is 5.97 Å². The molecular formula is C40H70Br2O2. The minimum atomic E-state index is 0.0113. The van der Waals surface area contributed by atoms with Crippen LogP contribution in [0.4, 0.5) is 0 Å². The van der Waals surface area contributed by atoms with E-state index in [1.165, 1.54) is 116 Å². The second-order valence-corrected chi connectivity index (χ2v) is 19.7. The molecule has 44 heavy (non-hydrogen) atoms. The minimum absolute atomic E-state index is 0.0113. The van der Waals surface area contributed by atoms with Crippen LogP contribution in [0.5, 0.6) is 0 Å². The fraction of sp³-hybridized carbons (Fsp3) is 0.975. The number of carbonyl (C=O) groups excluding carboxylic acids is 1. The molecule has 2 nitrogen and oxygen atoms in total. The van der Waals surface area contributed by atoms with Gasteiger partial charge in [-0.05, 0) is 97.7 Å². The highest BCUT2D eigenvalue weighted by molar-refractivity contribution is 9.12. The van der Waals surface area contributed by atoms with Crippen LogP contribution in [0.2, 0.25) is 0 Å². The third-order valence-corrected chi connectivity index (χ3v) is 17.5. The first-order valence-electron chi connectivity index (χ1n) is 19.5. The maximum absolute atomic E-state index is 12.9. The first-order chi connectivity index (χ1) is 21.0. The summed E-state index contributed by atoms with van der Waals surface area (Å²) in [5.74, 6) is 5.13. The van der Waals surface area contributed by atoms with Crippen LogP contribution < -0.4 is 0 Å². The molecular weight excluding hydrogens is 672 g/mol. The van der Waals surface area contributed by atoms with Crippen LogP contribution >= 0.6 is 31.9 Å². The van der Waals surface area contributed by atoms with Gasteiger partial charge in [0, 0.05) is 22.0 Å². The maximum Gasteiger partial charge on any atom is 0.306 e. The molecule has 0 unspecified atom stereocenters. The molecule has 0 aliphatic heterocycles. The highest BCUT2D eigenvalue weighted by Gasteiger charge is 2.67. The predicted octanol–water partition coefficient (Wildman–Crippen LogP) is 13.2. The second kappa shape index (κ2) is 16.7. The summed E-state index contributed by atoms with van der Waals surface area (Å²) in [7, 11) is 0. The van der Waals surface area contributed by atoms with E-state index in [4.69, 9.17) is 4.74 Å². The lowest BCUT2D eigenvalue weighted by Crippen LogP contribution is -2.64.